The molecular weight excluding hydrogens is 306 g/mol. The zero-order chi connectivity index (χ0) is 17.1. The SMILES string of the molecule is Cc1ccc(Cn2ccn(-c3cccc(C(=O)NO)c3)c2=O)cc1. The van der Waals surface area contributed by atoms with Crippen LogP contribution in [0.5, 0.6) is 0 Å². The fourth-order valence-corrected chi connectivity index (χ4v) is 2.48. The van der Waals surface area contributed by atoms with Gasteiger partial charge in [0.1, 0.15) is 0 Å². The van der Waals surface area contributed by atoms with Crippen molar-refractivity contribution in [1.29, 1.82) is 0 Å². The van der Waals surface area contributed by atoms with Crippen molar-refractivity contribution in [2.24, 2.45) is 0 Å². The van der Waals surface area contributed by atoms with Crippen LogP contribution in [-0.4, -0.2) is 20.2 Å². The molecule has 0 aliphatic carbocycles. The lowest BCUT2D eigenvalue weighted by Gasteiger charge is -2.05. The van der Waals surface area contributed by atoms with Crippen molar-refractivity contribution in [3.63, 3.8) is 0 Å². The molecule has 2 N–H and O–H groups in total. The Kier molecular flexibility index (Phi) is 4.31. The topological polar surface area (TPSA) is 76.3 Å². The maximum atomic E-state index is 12.6. The van der Waals surface area contributed by atoms with E-state index < -0.39 is 5.91 Å². The summed E-state index contributed by atoms with van der Waals surface area (Å²) in [7, 11) is 0. The van der Waals surface area contributed by atoms with Crippen LogP contribution in [0.4, 0.5) is 0 Å². The Bertz CT molecular complexity index is 923. The molecule has 1 amide bonds. The number of carbonyl (C=O) groups is 1. The van der Waals surface area contributed by atoms with Crippen LogP contribution in [0, 0.1) is 6.92 Å². The molecule has 0 atom stereocenters. The monoisotopic (exact) mass is 323 g/mol. The Labute approximate surface area is 138 Å². The minimum atomic E-state index is -0.621. The molecule has 2 aromatic carbocycles. The fraction of sp³-hybridized carbons (Fsp3) is 0.111. The van der Waals surface area contributed by atoms with Crippen molar-refractivity contribution in [3.05, 3.63) is 88.1 Å². The summed E-state index contributed by atoms with van der Waals surface area (Å²) in [4.78, 5) is 24.1. The summed E-state index contributed by atoms with van der Waals surface area (Å²) in [6.45, 7) is 2.49. The van der Waals surface area contributed by atoms with Crippen molar-refractivity contribution in [1.82, 2.24) is 14.6 Å². The number of carbonyl (C=O) groups excluding carboxylic acids is 1. The first-order valence-corrected chi connectivity index (χ1v) is 7.46. The normalized spacial score (nSPS) is 10.6. The van der Waals surface area contributed by atoms with Gasteiger partial charge in [0.05, 0.1) is 12.2 Å². The smallest absolute Gasteiger partial charge is 0.294 e. The first-order chi connectivity index (χ1) is 11.6. The van der Waals surface area contributed by atoms with Gasteiger partial charge in [0.2, 0.25) is 0 Å². The third-order valence-electron chi connectivity index (χ3n) is 3.81. The molecule has 6 nitrogen and oxygen atoms in total. The number of amides is 1. The predicted octanol–water partition coefficient (Wildman–Crippen LogP) is 2.11. The van der Waals surface area contributed by atoms with Gasteiger partial charge >= 0.3 is 5.69 Å². The van der Waals surface area contributed by atoms with Gasteiger partial charge in [-0.25, -0.2) is 10.3 Å². The molecule has 0 saturated heterocycles. The van der Waals surface area contributed by atoms with Gasteiger partial charge in [-0.1, -0.05) is 35.9 Å². The van der Waals surface area contributed by atoms with E-state index in [0.29, 0.717) is 12.2 Å². The second kappa shape index (κ2) is 6.55. The quantitative estimate of drug-likeness (QED) is 0.570. The number of hydrogen-bond donors (Lipinski definition) is 2. The standard InChI is InChI=1S/C18H17N3O3/c1-13-5-7-14(8-6-13)12-20-9-10-21(18(20)23)16-4-2-3-15(11-16)17(22)19-24/h2-11,24H,12H2,1H3,(H,19,22). The number of benzene rings is 2. The van der Waals surface area contributed by atoms with Crippen LogP contribution in [0.1, 0.15) is 21.5 Å². The second-order valence-electron chi connectivity index (χ2n) is 5.56. The number of imidazole rings is 1. The van der Waals surface area contributed by atoms with E-state index in [1.807, 2.05) is 31.2 Å². The van der Waals surface area contributed by atoms with Gasteiger partial charge < -0.3 is 0 Å². The van der Waals surface area contributed by atoms with Crippen LogP contribution in [0.3, 0.4) is 0 Å². The third-order valence-corrected chi connectivity index (χ3v) is 3.81. The van der Waals surface area contributed by atoms with E-state index >= 15 is 0 Å². The highest BCUT2D eigenvalue weighted by atomic mass is 16.5. The number of hydrogen-bond acceptors (Lipinski definition) is 3. The minimum absolute atomic E-state index is 0.197. The number of nitrogens with one attached hydrogen (secondary N) is 1. The van der Waals surface area contributed by atoms with Crippen LogP contribution in [0.15, 0.2) is 65.7 Å². The highest BCUT2D eigenvalue weighted by Crippen LogP contribution is 2.10. The predicted molar refractivity (Wildman–Crippen MR) is 89.6 cm³/mol. The first kappa shape index (κ1) is 15.8. The molecule has 0 fully saturated rings. The van der Waals surface area contributed by atoms with Gasteiger partial charge in [0, 0.05) is 18.0 Å². The highest BCUT2D eigenvalue weighted by Gasteiger charge is 2.09. The number of rotatable bonds is 4. The van der Waals surface area contributed by atoms with E-state index in [0.717, 1.165) is 5.56 Å². The van der Waals surface area contributed by atoms with Crippen LogP contribution in [0.2, 0.25) is 0 Å². The summed E-state index contributed by atoms with van der Waals surface area (Å²) >= 11 is 0. The van der Waals surface area contributed by atoms with Gasteiger partial charge in [0.25, 0.3) is 5.91 Å². The number of hydroxylamine groups is 1. The highest BCUT2D eigenvalue weighted by molar-refractivity contribution is 5.93. The molecule has 3 rings (SSSR count). The van der Waals surface area contributed by atoms with Crippen LogP contribution >= 0.6 is 0 Å². The van der Waals surface area contributed by atoms with Gasteiger partial charge in [-0.2, -0.15) is 0 Å². The van der Waals surface area contributed by atoms with E-state index in [-0.39, 0.29) is 11.3 Å². The molecule has 0 aliphatic rings. The summed E-state index contributed by atoms with van der Waals surface area (Å²) in [5.74, 6) is -0.621. The van der Waals surface area contributed by atoms with Crippen LogP contribution in [0.25, 0.3) is 5.69 Å². The zero-order valence-electron chi connectivity index (χ0n) is 13.1. The van der Waals surface area contributed by atoms with Gasteiger partial charge in [-0.05, 0) is 30.7 Å². The number of nitrogens with zero attached hydrogens (tertiary/aromatic N) is 2. The maximum Gasteiger partial charge on any atom is 0.333 e. The first-order valence-electron chi connectivity index (χ1n) is 7.46. The largest absolute Gasteiger partial charge is 0.333 e. The van der Waals surface area contributed by atoms with Crippen molar-refractivity contribution >= 4 is 5.91 Å². The lowest BCUT2D eigenvalue weighted by molar-refractivity contribution is 0.0706. The fourth-order valence-electron chi connectivity index (χ4n) is 2.48. The molecule has 0 aliphatic heterocycles. The third kappa shape index (κ3) is 3.13. The summed E-state index contributed by atoms with van der Waals surface area (Å²) in [5.41, 5.74) is 4.42. The molecule has 1 heterocycles. The second-order valence-corrected chi connectivity index (χ2v) is 5.56. The Balaban J connectivity index is 1.91. The van der Waals surface area contributed by atoms with Gasteiger partial charge in [-0.15, -0.1) is 0 Å². The Hall–Kier alpha value is -3.12. The van der Waals surface area contributed by atoms with E-state index in [2.05, 4.69) is 0 Å². The minimum Gasteiger partial charge on any atom is -0.294 e. The van der Waals surface area contributed by atoms with Gasteiger partial charge in [-0.3, -0.25) is 19.1 Å². The van der Waals surface area contributed by atoms with E-state index in [1.54, 1.807) is 46.7 Å². The Morgan fingerprint density at radius 3 is 2.58 bits per heavy atom. The van der Waals surface area contributed by atoms with E-state index in [9.17, 15) is 9.59 Å². The van der Waals surface area contributed by atoms with Crippen molar-refractivity contribution in [3.8, 4) is 5.69 Å². The molecule has 1 aromatic heterocycles. The summed E-state index contributed by atoms with van der Waals surface area (Å²) in [6.07, 6.45) is 3.37. The van der Waals surface area contributed by atoms with Crippen molar-refractivity contribution in [2.45, 2.75) is 13.5 Å². The van der Waals surface area contributed by atoms with Gasteiger partial charge in [0.15, 0.2) is 0 Å². The molecule has 122 valence electrons. The van der Waals surface area contributed by atoms with Crippen molar-refractivity contribution in [2.75, 3.05) is 0 Å². The van der Waals surface area contributed by atoms with Crippen LogP contribution in [-0.2, 0) is 6.54 Å². The average Bonchev–Trinajstić information content (AvgIpc) is 2.97. The molecule has 6 heteroatoms. The lowest BCUT2D eigenvalue weighted by Crippen LogP contribution is -2.24. The molecule has 24 heavy (non-hydrogen) atoms. The summed E-state index contributed by atoms with van der Waals surface area (Å²) in [6, 6.07) is 14.5. The number of aromatic nitrogens is 2. The Morgan fingerprint density at radius 2 is 1.88 bits per heavy atom. The average molecular weight is 323 g/mol. The van der Waals surface area contributed by atoms with E-state index in [4.69, 9.17) is 5.21 Å². The summed E-state index contributed by atoms with van der Waals surface area (Å²) in [5, 5.41) is 8.72. The maximum absolute atomic E-state index is 12.6. The summed E-state index contributed by atoms with van der Waals surface area (Å²) < 4.78 is 3.06. The number of aryl methyl sites for hydroxylation is 1. The zero-order valence-corrected chi connectivity index (χ0v) is 13.1. The van der Waals surface area contributed by atoms with Crippen molar-refractivity contribution < 1.29 is 10.0 Å². The molecule has 0 bridgehead atoms. The Morgan fingerprint density at radius 1 is 1.12 bits per heavy atom. The van der Waals surface area contributed by atoms with E-state index in [1.165, 1.54) is 10.1 Å². The lowest BCUT2D eigenvalue weighted by atomic mass is 10.1. The molecule has 0 spiro atoms. The molecule has 0 radical (unpaired) electrons. The molecule has 0 saturated carbocycles. The molecule has 0 unspecified atom stereocenters. The molecule has 3 aromatic rings. The molecular formula is C18H17N3O3. The van der Waals surface area contributed by atoms with Crippen LogP contribution < -0.4 is 11.2 Å².